The molecule has 1 saturated carbocycles. The zero-order valence-electron chi connectivity index (χ0n) is 18.5. The van der Waals surface area contributed by atoms with Crippen molar-refractivity contribution in [2.24, 2.45) is 5.41 Å². The van der Waals surface area contributed by atoms with E-state index in [-0.39, 0.29) is 60.0 Å². The van der Waals surface area contributed by atoms with Crippen molar-refractivity contribution in [2.45, 2.75) is 25.7 Å². The molecule has 2 aromatic carbocycles. The van der Waals surface area contributed by atoms with Crippen LogP contribution in [0.4, 0.5) is 14.6 Å². The number of ketones is 2. The van der Waals surface area contributed by atoms with Crippen molar-refractivity contribution in [3.05, 3.63) is 77.5 Å². The number of nitrogens with zero attached hydrogens (tertiary/aromatic N) is 1. The van der Waals surface area contributed by atoms with Gasteiger partial charge in [0.05, 0.1) is 5.41 Å². The van der Waals surface area contributed by atoms with Gasteiger partial charge < -0.3 is 14.8 Å². The number of hydrogen-bond acceptors (Lipinski definition) is 6. The molecule has 3 aromatic rings. The predicted molar refractivity (Wildman–Crippen MR) is 120 cm³/mol. The number of ether oxygens (including phenoxy) is 2. The molecule has 178 valence electrons. The van der Waals surface area contributed by atoms with Gasteiger partial charge in [0.1, 0.15) is 5.82 Å². The lowest BCUT2D eigenvalue weighted by Crippen LogP contribution is -2.29. The van der Waals surface area contributed by atoms with Gasteiger partial charge in [0.25, 0.3) is 5.91 Å². The maximum absolute atomic E-state index is 14.8. The summed E-state index contributed by atoms with van der Waals surface area (Å²) in [5, 5.41) is 2.55. The maximum atomic E-state index is 14.8. The van der Waals surface area contributed by atoms with E-state index in [1.165, 1.54) is 48.7 Å². The van der Waals surface area contributed by atoms with Gasteiger partial charge in [-0.2, -0.15) is 0 Å². The molecular formula is C26H20F2N2O5. The highest BCUT2D eigenvalue weighted by Gasteiger charge is 2.54. The molecule has 1 aliphatic carbocycles. The number of carbonyl (C=O) groups is 3. The van der Waals surface area contributed by atoms with E-state index in [0.29, 0.717) is 24.0 Å². The topological polar surface area (TPSA) is 94.6 Å². The van der Waals surface area contributed by atoms with Crippen molar-refractivity contribution in [3.63, 3.8) is 0 Å². The molecule has 35 heavy (non-hydrogen) atoms. The Hall–Kier alpha value is -4.14. The Bertz CT molecular complexity index is 1340. The standard InChI is InChI=1S/C26H20F2N2O5/c27-17-4-1-15(2-5-17)12-21(31)26(8-9-26)22(32)13-16-3-6-19(18(28)11-16)35-20-7-10-29-25-24(20)34-14-23(33)30-25/h1-7,10-11H,8-9,12-14H2,(H,29,30,33). The van der Waals surface area contributed by atoms with E-state index < -0.39 is 17.0 Å². The van der Waals surface area contributed by atoms with E-state index in [0.717, 1.165) is 0 Å². The highest BCUT2D eigenvalue weighted by Crippen LogP contribution is 2.49. The second kappa shape index (κ2) is 8.90. The lowest BCUT2D eigenvalue weighted by molar-refractivity contribution is -0.134. The molecule has 1 fully saturated rings. The van der Waals surface area contributed by atoms with Crippen LogP contribution in [0.15, 0.2) is 54.7 Å². The number of hydrogen-bond donors (Lipinski definition) is 1. The third-order valence-corrected chi connectivity index (χ3v) is 6.15. The largest absolute Gasteiger partial charge is 0.476 e. The van der Waals surface area contributed by atoms with Gasteiger partial charge in [-0.25, -0.2) is 13.8 Å². The fraction of sp³-hybridized carbons (Fsp3) is 0.231. The minimum atomic E-state index is -1.06. The van der Waals surface area contributed by atoms with Crippen LogP contribution in [-0.2, 0) is 27.2 Å². The number of anilines is 1. The normalized spacial score (nSPS) is 15.4. The summed E-state index contributed by atoms with van der Waals surface area (Å²) in [6.45, 7) is -0.208. The van der Waals surface area contributed by atoms with Crippen LogP contribution in [0.1, 0.15) is 24.0 Å². The first-order chi connectivity index (χ1) is 16.8. The number of fused-ring (bicyclic) bond motifs is 1. The highest BCUT2D eigenvalue weighted by atomic mass is 19.1. The summed E-state index contributed by atoms with van der Waals surface area (Å²) in [4.78, 5) is 41.2. The number of aromatic nitrogens is 1. The summed E-state index contributed by atoms with van der Waals surface area (Å²) in [6, 6.07) is 11.3. The average Bonchev–Trinajstić information content (AvgIpc) is 3.65. The third-order valence-electron chi connectivity index (χ3n) is 6.15. The van der Waals surface area contributed by atoms with Gasteiger partial charge in [-0.3, -0.25) is 14.4 Å². The molecule has 1 amide bonds. The fourth-order valence-corrected chi connectivity index (χ4v) is 4.05. The Morgan fingerprint density at radius 3 is 2.34 bits per heavy atom. The van der Waals surface area contributed by atoms with Crippen LogP contribution in [0.5, 0.6) is 17.2 Å². The smallest absolute Gasteiger partial charge is 0.263 e. The zero-order chi connectivity index (χ0) is 24.6. The molecule has 0 unspecified atom stereocenters. The van der Waals surface area contributed by atoms with Crippen molar-refractivity contribution in [3.8, 4) is 17.2 Å². The van der Waals surface area contributed by atoms with Crippen molar-refractivity contribution in [2.75, 3.05) is 11.9 Å². The average molecular weight is 478 g/mol. The number of amides is 1. The number of rotatable bonds is 8. The van der Waals surface area contributed by atoms with Crippen molar-refractivity contribution in [1.82, 2.24) is 4.98 Å². The summed E-state index contributed by atoms with van der Waals surface area (Å²) in [5.74, 6) is -1.44. The van der Waals surface area contributed by atoms with Gasteiger partial charge in [-0.05, 0) is 48.2 Å². The number of halogens is 2. The van der Waals surface area contributed by atoms with Crippen LogP contribution in [0, 0.1) is 17.0 Å². The number of pyridine rings is 1. The fourth-order valence-electron chi connectivity index (χ4n) is 4.05. The van der Waals surface area contributed by atoms with Gasteiger partial charge in [0.2, 0.25) is 5.75 Å². The summed E-state index contributed by atoms with van der Waals surface area (Å²) < 4.78 is 38.9. The van der Waals surface area contributed by atoms with Gasteiger partial charge >= 0.3 is 0 Å². The molecule has 1 N–H and O–H groups in total. The SMILES string of the molecule is O=C1COc2c(Oc3ccc(CC(=O)C4(C(=O)Cc5ccc(F)cc5)CC4)cc3F)ccnc2N1. The molecule has 0 bridgehead atoms. The Morgan fingerprint density at radius 1 is 0.971 bits per heavy atom. The van der Waals surface area contributed by atoms with E-state index in [9.17, 15) is 23.2 Å². The van der Waals surface area contributed by atoms with E-state index in [2.05, 4.69) is 10.3 Å². The zero-order valence-corrected chi connectivity index (χ0v) is 18.5. The summed E-state index contributed by atoms with van der Waals surface area (Å²) in [5.41, 5.74) is 0.00334. The summed E-state index contributed by atoms with van der Waals surface area (Å²) in [6.07, 6.45) is 2.27. The molecule has 1 aromatic heterocycles. The van der Waals surface area contributed by atoms with Crippen LogP contribution in [0.2, 0.25) is 0 Å². The van der Waals surface area contributed by atoms with Crippen LogP contribution >= 0.6 is 0 Å². The molecule has 2 heterocycles. The third kappa shape index (κ3) is 4.62. The van der Waals surface area contributed by atoms with Crippen LogP contribution in [0.25, 0.3) is 0 Å². The first kappa shape index (κ1) is 22.6. The lowest BCUT2D eigenvalue weighted by Gasteiger charge is -2.19. The molecule has 0 spiro atoms. The minimum Gasteiger partial charge on any atom is -0.476 e. The minimum absolute atomic E-state index is 0.0476. The van der Waals surface area contributed by atoms with Crippen LogP contribution in [0.3, 0.4) is 0 Å². The number of carbonyl (C=O) groups excluding carboxylic acids is 3. The number of Topliss-reactive ketones (excluding diaryl/α,β-unsaturated/α-hetero) is 2. The molecular weight excluding hydrogens is 458 g/mol. The van der Waals surface area contributed by atoms with Crippen molar-refractivity contribution < 1.29 is 32.6 Å². The van der Waals surface area contributed by atoms with Crippen LogP contribution < -0.4 is 14.8 Å². The van der Waals surface area contributed by atoms with Gasteiger partial charge in [0, 0.05) is 25.1 Å². The monoisotopic (exact) mass is 478 g/mol. The first-order valence-electron chi connectivity index (χ1n) is 11.0. The first-order valence-corrected chi connectivity index (χ1v) is 11.0. The molecule has 0 radical (unpaired) electrons. The van der Waals surface area contributed by atoms with Gasteiger partial charge in [-0.1, -0.05) is 18.2 Å². The van der Waals surface area contributed by atoms with E-state index in [4.69, 9.17) is 9.47 Å². The summed E-state index contributed by atoms with van der Waals surface area (Å²) in [7, 11) is 0. The molecule has 0 atom stereocenters. The number of nitrogens with one attached hydrogen (secondary N) is 1. The van der Waals surface area contributed by atoms with Gasteiger partial charge in [0.15, 0.2) is 41.3 Å². The van der Waals surface area contributed by atoms with Crippen molar-refractivity contribution in [1.29, 1.82) is 0 Å². The Morgan fingerprint density at radius 2 is 1.66 bits per heavy atom. The van der Waals surface area contributed by atoms with E-state index >= 15 is 0 Å². The molecule has 9 heteroatoms. The Kier molecular flexibility index (Phi) is 5.76. The van der Waals surface area contributed by atoms with E-state index in [1.54, 1.807) is 6.07 Å². The molecule has 1 aliphatic heterocycles. The summed E-state index contributed by atoms with van der Waals surface area (Å²) >= 11 is 0. The molecule has 5 rings (SSSR count). The second-order valence-electron chi connectivity index (χ2n) is 8.60. The lowest BCUT2D eigenvalue weighted by atomic mass is 9.88. The van der Waals surface area contributed by atoms with Gasteiger partial charge in [-0.15, -0.1) is 0 Å². The molecule has 0 saturated heterocycles. The predicted octanol–water partition coefficient (Wildman–Crippen LogP) is 4.19. The van der Waals surface area contributed by atoms with Crippen LogP contribution in [-0.4, -0.2) is 29.1 Å². The highest BCUT2D eigenvalue weighted by molar-refractivity contribution is 6.10. The molecule has 2 aliphatic rings. The van der Waals surface area contributed by atoms with Crippen molar-refractivity contribution >= 4 is 23.3 Å². The van der Waals surface area contributed by atoms with E-state index in [1.807, 2.05) is 0 Å². The quantitative estimate of drug-likeness (QED) is 0.488. The Labute approximate surface area is 199 Å². The molecule has 7 nitrogen and oxygen atoms in total. The number of benzene rings is 2. The Balaban J connectivity index is 1.27. The second-order valence-corrected chi connectivity index (χ2v) is 8.60. The maximum Gasteiger partial charge on any atom is 0.263 e.